The molecular formula is C28H37N6O7S+. The zero-order chi connectivity index (χ0) is 30.6. The molecule has 0 aliphatic carbocycles. The number of nitrogens with zero attached hydrogens (tertiary/aromatic N) is 3. The topological polar surface area (TPSA) is 167 Å². The molecule has 226 valence electrons. The lowest BCUT2D eigenvalue weighted by atomic mass is 9.87. The Hall–Kier alpha value is -4.17. The summed E-state index contributed by atoms with van der Waals surface area (Å²) in [6.07, 6.45) is 1.89. The number of aromatic nitrogens is 3. The maximum Gasteiger partial charge on any atom is 0.350 e. The largest absolute Gasteiger partial charge is 0.471 e. The van der Waals surface area contributed by atoms with Gasteiger partial charge in [-0.3, -0.25) is 14.4 Å². The number of amides is 2. The highest BCUT2D eigenvalue weighted by atomic mass is 32.1. The molecule has 1 fully saturated rings. The summed E-state index contributed by atoms with van der Waals surface area (Å²) < 4.78 is 14.0. The Morgan fingerprint density at radius 1 is 1.21 bits per heavy atom. The van der Waals surface area contributed by atoms with Crippen LogP contribution in [0.1, 0.15) is 57.8 Å². The van der Waals surface area contributed by atoms with Crippen LogP contribution in [0.3, 0.4) is 0 Å². The van der Waals surface area contributed by atoms with Crippen molar-refractivity contribution in [2.75, 3.05) is 39.2 Å². The summed E-state index contributed by atoms with van der Waals surface area (Å²) in [5, 5.41) is 10.2. The van der Waals surface area contributed by atoms with Crippen molar-refractivity contribution in [3.8, 4) is 11.4 Å². The van der Waals surface area contributed by atoms with Gasteiger partial charge in [0.05, 0.1) is 39.5 Å². The van der Waals surface area contributed by atoms with Crippen LogP contribution in [0, 0.1) is 19.8 Å². The summed E-state index contributed by atoms with van der Waals surface area (Å²) in [7, 11) is 3.46. The van der Waals surface area contributed by atoms with Crippen LogP contribution in [0.5, 0.6) is 0 Å². The molecule has 4 rings (SSSR count). The summed E-state index contributed by atoms with van der Waals surface area (Å²) in [6.45, 7) is 7.72. The molecule has 42 heavy (non-hydrogen) atoms. The number of esters is 1. The number of rotatable bonds is 10. The molecule has 0 bridgehead atoms. The fourth-order valence-electron chi connectivity index (χ4n) is 4.54. The number of methoxy groups -OCH3 is 1. The maximum absolute atomic E-state index is 13.3. The van der Waals surface area contributed by atoms with Crippen LogP contribution in [-0.4, -0.2) is 79.3 Å². The third-order valence-corrected chi connectivity index (χ3v) is 7.74. The number of likely N-dealkylation sites (tertiary alicyclic amines) is 1. The Morgan fingerprint density at radius 3 is 2.55 bits per heavy atom. The van der Waals surface area contributed by atoms with E-state index in [4.69, 9.17) is 14.1 Å². The molecule has 1 atom stereocenters. The molecule has 2 aromatic heterocycles. The average Bonchev–Trinajstić information content (AvgIpc) is 3.58. The van der Waals surface area contributed by atoms with E-state index in [2.05, 4.69) is 37.5 Å². The van der Waals surface area contributed by atoms with Crippen molar-refractivity contribution in [3.05, 3.63) is 46.3 Å². The highest BCUT2D eigenvalue weighted by molar-refractivity contribution is 7.17. The molecule has 1 unspecified atom stereocenters. The normalized spacial score (nSPS) is 16.8. The molecule has 3 N–H and O–H groups in total. The number of piperidine rings is 1. The highest BCUT2D eigenvalue weighted by Gasteiger charge is 2.31. The van der Waals surface area contributed by atoms with Gasteiger partial charge in [-0.2, -0.15) is 4.98 Å². The number of carbonyl (C=O) groups is 4. The summed E-state index contributed by atoms with van der Waals surface area (Å²) in [5.74, 6) is -0.000226. The molecule has 1 aliphatic rings. The second kappa shape index (κ2) is 15.7. The Morgan fingerprint density at radius 2 is 1.93 bits per heavy atom. The number of nitrogens with one attached hydrogen (secondary N) is 3. The van der Waals surface area contributed by atoms with Crippen LogP contribution < -0.4 is 15.5 Å². The fourth-order valence-corrected chi connectivity index (χ4v) is 5.42. The van der Waals surface area contributed by atoms with E-state index in [0.29, 0.717) is 45.0 Å². The number of ether oxygens (including phenoxy) is 2. The lowest BCUT2D eigenvalue weighted by Crippen LogP contribution is -3.10. The molecule has 1 aromatic carbocycles. The van der Waals surface area contributed by atoms with Crippen LogP contribution in [0.25, 0.3) is 11.4 Å². The molecule has 1 aliphatic heterocycles. The third-order valence-electron chi connectivity index (χ3n) is 6.69. The van der Waals surface area contributed by atoms with Gasteiger partial charge in [0, 0.05) is 43.4 Å². The van der Waals surface area contributed by atoms with Gasteiger partial charge in [0.2, 0.25) is 17.6 Å². The predicted molar refractivity (Wildman–Crippen MR) is 154 cm³/mol. The second-order valence-corrected chi connectivity index (χ2v) is 10.8. The standard InChI is InChI=1S/C26H32N6O5S.C2H4O2/c1-5-36-25(35)22-15(2)27-26(38-22)30-21(33)14-20(17-9-11-32(4)12-10-17)29-24(34)19-8-6-7-18(13-19)23-28-16(3)37-31-23;1-4-2-3/h6-8,13,17,20H,5,9-12,14H2,1-4H3,(H,29,34)(H,27,30,33);2H,1H3/p+1. The number of carbonyl (C=O) groups excluding carboxylic acids is 4. The molecule has 0 radical (unpaired) electrons. The van der Waals surface area contributed by atoms with Gasteiger partial charge < -0.3 is 29.5 Å². The van der Waals surface area contributed by atoms with E-state index in [1.54, 1.807) is 39.0 Å². The number of thiazole rings is 1. The minimum atomic E-state index is -0.458. The summed E-state index contributed by atoms with van der Waals surface area (Å²) in [6, 6.07) is 6.65. The fraction of sp³-hybridized carbons (Fsp3) is 0.464. The van der Waals surface area contributed by atoms with Gasteiger partial charge in [-0.05, 0) is 31.9 Å². The van der Waals surface area contributed by atoms with E-state index in [0.717, 1.165) is 37.3 Å². The van der Waals surface area contributed by atoms with Crippen molar-refractivity contribution in [3.63, 3.8) is 0 Å². The van der Waals surface area contributed by atoms with E-state index in [9.17, 15) is 14.4 Å². The molecule has 3 heterocycles. The van der Waals surface area contributed by atoms with Gasteiger partial charge in [0.25, 0.3) is 12.4 Å². The lowest BCUT2D eigenvalue weighted by Gasteiger charge is -2.32. The van der Waals surface area contributed by atoms with Crippen molar-refractivity contribution in [1.29, 1.82) is 0 Å². The van der Waals surface area contributed by atoms with E-state index >= 15 is 0 Å². The number of quaternary nitrogens is 1. The first-order valence-electron chi connectivity index (χ1n) is 13.6. The Balaban J connectivity index is 0.00000114. The molecule has 1 saturated heterocycles. The van der Waals surface area contributed by atoms with Crippen molar-refractivity contribution in [2.45, 2.75) is 46.1 Å². The SMILES string of the molecule is CCOC(=O)c1sc(NC(=O)CC(NC(=O)c2cccc(-c3noc(C)n3)c2)C2CC[NH+](C)CC2)nc1C.COC=O. The number of hydrogen-bond donors (Lipinski definition) is 3. The zero-order valence-corrected chi connectivity index (χ0v) is 25.2. The smallest absolute Gasteiger partial charge is 0.350 e. The van der Waals surface area contributed by atoms with Crippen LogP contribution in [0.15, 0.2) is 28.8 Å². The number of hydrogen-bond acceptors (Lipinski definition) is 11. The van der Waals surface area contributed by atoms with Gasteiger partial charge >= 0.3 is 5.97 Å². The van der Waals surface area contributed by atoms with Crippen LogP contribution >= 0.6 is 11.3 Å². The maximum atomic E-state index is 13.3. The number of benzene rings is 1. The van der Waals surface area contributed by atoms with Crippen LogP contribution in [-0.2, 0) is 19.1 Å². The molecule has 2 amide bonds. The van der Waals surface area contributed by atoms with E-state index in [-0.39, 0.29) is 36.8 Å². The Labute approximate surface area is 248 Å². The van der Waals surface area contributed by atoms with Gasteiger partial charge in [-0.15, -0.1) is 0 Å². The van der Waals surface area contributed by atoms with Crippen LogP contribution in [0.4, 0.5) is 5.13 Å². The minimum Gasteiger partial charge on any atom is -0.471 e. The van der Waals surface area contributed by atoms with Crippen molar-refractivity contribution >= 4 is 40.7 Å². The van der Waals surface area contributed by atoms with Crippen molar-refractivity contribution in [2.24, 2.45) is 5.92 Å². The zero-order valence-electron chi connectivity index (χ0n) is 24.4. The van der Waals surface area contributed by atoms with E-state index < -0.39 is 5.97 Å². The number of aryl methyl sites for hydroxylation is 2. The highest BCUT2D eigenvalue weighted by Crippen LogP contribution is 2.25. The van der Waals surface area contributed by atoms with Crippen molar-refractivity contribution in [1.82, 2.24) is 20.4 Å². The summed E-state index contributed by atoms with van der Waals surface area (Å²) >= 11 is 1.08. The first-order valence-corrected chi connectivity index (χ1v) is 14.4. The molecule has 0 saturated carbocycles. The summed E-state index contributed by atoms with van der Waals surface area (Å²) in [5.41, 5.74) is 1.62. The molecule has 13 nitrogen and oxygen atoms in total. The Bertz CT molecular complexity index is 1370. The minimum absolute atomic E-state index is 0.0898. The molecule has 0 spiro atoms. The third kappa shape index (κ3) is 9.17. The van der Waals surface area contributed by atoms with E-state index in [1.165, 1.54) is 12.0 Å². The molecule has 3 aromatic rings. The van der Waals surface area contributed by atoms with Gasteiger partial charge in [-0.1, -0.05) is 28.6 Å². The quantitative estimate of drug-likeness (QED) is 0.230. The molecule has 14 heteroatoms. The van der Waals surface area contributed by atoms with Gasteiger partial charge in [-0.25, -0.2) is 9.78 Å². The first-order chi connectivity index (χ1) is 20.1. The monoisotopic (exact) mass is 601 g/mol. The van der Waals surface area contributed by atoms with E-state index in [1.807, 2.05) is 6.07 Å². The Kier molecular flexibility index (Phi) is 12.1. The van der Waals surface area contributed by atoms with Gasteiger partial charge in [0.1, 0.15) is 4.88 Å². The lowest BCUT2D eigenvalue weighted by molar-refractivity contribution is -0.886. The average molecular weight is 602 g/mol. The first kappa shape index (κ1) is 32.3. The van der Waals surface area contributed by atoms with Gasteiger partial charge in [0.15, 0.2) is 5.13 Å². The number of anilines is 1. The molecular weight excluding hydrogens is 564 g/mol. The van der Waals surface area contributed by atoms with Crippen molar-refractivity contribution < 1.29 is 38.1 Å². The second-order valence-electron chi connectivity index (χ2n) is 9.83. The summed E-state index contributed by atoms with van der Waals surface area (Å²) in [4.78, 5) is 57.8. The van der Waals surface area contributed by atoms with Crippen LogP contribution in [0.2, 0.25) is 0 Å². The predicted octanol–water partition coefficient (Wildman–Crippen LogP) is 1.83.